The molecule has 2 aliphatic rings. The van der Waals surface area contributed by atoms with Crippen LogP contribution in [-0.2, 0) is 9.47 Å². The van der Waals surface area contributed by atoms with Crippen LogP contribution in [0.25, 0.3) is 0 Å². The second-order valence-electron chi connectivity index (χ2n) is 3.83. The summed E-state index contributed by atoms with van der Waals surface area (Å²) >= 11 is 0. The molecular formula is C10H22N2O2. The van der Waals surface area contributed by atoms with E-state index < -0.39 is 0 Å². The number of hydrogen-bond donors (Lipinski definition) is 0. The lowest BCUT2D eigenvalue weighted by molar-refractivity contribution is 0.0502. The van der Waals surface area contributed by atoms with Crippen molar-refractivity contribution in [2.45, 2.75) is 0 Å². The van der Waals surface area contributed by atoms with Gasteiger partial charge in [0.2, 0.25) is 0 Å². The first-order valence-electron chi connectivity index (χ1n) is 5.31. The van der Waals surface area contributed by atoms with Gasteiger partial charge < -0.3 is 19.3 Å². The topological polar surface area (TPSA) is 24.9 Å². The molecule has 0 unspecified atom stereocenters. The predicted octanol–water partition coefficient (Wildman–Crippen LogP) is -0.103. The number of morpholine rings is 2. The molecule has 4 heteroatoms. The van der Waals surface area contributed by atoms with Crippen molar-refractivity contribution in [3.8, 4) is 0 Å². The van der Waals surface area contributed by atoms with Crippen molar-refractivity contribution in [1.29, 1.82) is 0 Å². The summed E-state index contributed by atoms with van der Waals surface area (Å²) in [6.45, 7) is 8.04. The van der Waals surface area contributed by atoms with Gasteiger partial charge in [-0.05, 0) is 14.1 Å². The third-order valence-corrected chi connectivity index (χ3v) is 2.47. The van der Waals surface area contributed by atoms with Gasteiger partial charge in [0, 0.05) is 26.2 Å². The quantitative estimate of drug-likeness (QED) is 0.547. The smallest absolute Gasteiger partial charge is 0.0594 e. The molecular weight excluding hydrogens is 180 g/mol. The molecule has 2 heterocycles. The van der Waals surface area contributed by atoms with Crippen LogP contribution in [0.3, 0.4) is 0 Å². The van der Waals surface area contributed by atoms with Crippen LogP contribution in [0.15, 0.2) is 0 Å². The summed E-state index contributed by atoms with van der Waals surface area (Å²) in [4.78, 5) is 4.53. The highest BCUT2D eigenvalue weighted by Gasteiger charge is 2.02. The van der Waals surface area contributed by atoms with E-state index >= 15 is 0 Å². The Labute approximate surface area is 86.8 Å². The third kappa shape index (κ3) is 5.54. The van der Waals surface area contributed by atoms with Gasteiger partial charge >= 0.3 is 0 Å². The molecule has 14 heavy (non-hydrogen) atoms. The van der Waals surface area contributed by atoms with Crippen LogP contribution in [0.4, 0.5) is 0 Å². The number of hydrogen-bond acceptors (Lipinski definition) is 4. The maximum absolute atomic E-state index is 5.10. The van der Waals surface area contributed by atoms with E-state index in [1.807, 2.05) is 0 Å². The minimum absolute atomic E-state index is 0.913. The summed E-state index contributed by atoms with van der Waals surface area (Å²) in [5.74, 6) is 0. The standard InChI is InChI=1S/2C5H11NO/c2*1-6-2-4-7-5-3-6/h2*2-5H2,1H3. The average Bonchev–Trinajstić information content (AvgIpc) is 2.21. The molecule has 2 aliphatic heterocycles. The molecule has 0 saturated carbocycles. The van der Waals surface area contributed by atoms with Crippen LogP contribution < -0.4 is 0 Å². The normalized spacial score (nSPS) is 25.3. The SMILES string of the molecule is CN1CCOCC1.CN1CCOCC1. The summed E-state index contributed by atoms with van der Waals surface area (Å²) in [6.07, 6.45) is 0. The van der Waals surface area contributed by atoms with Crippen LogP contribution in [0.1, 0.15) is 0 Å². The van der Waals surface area contributed by atoms with Crippen LogP contribution in [0.2, 0.25) is 0 Å². The average molecular weight is 202 g/mol. The second kappa shape index (κ2) is 7.17. The second-order valence-corrected chi connectivity index (χ2v) is 3.83. The Hall–Kier alpha value is -0.160. The summed E-state index contributed by atoms with van der Waals surface area (Å²) in [5.41, 5.74) is 0. The van der Waals surface area contributed by atoms with Crippen LogP contribution in [-0.4, -0.2) is 76.5 Å². The van der Waals surface area contributed by atoms with E-state index in [0.717, 1.165) is 52.6 Å². The Kier molecular flexibility index (Phi) is 6.10. The zero-order valence-electron chi connectivity index (χ0n) is 9.37. The lowest BCUT2D eigenvalue weighted by Gasteiger charge is -2.21. The van der Waals surface area contributed by atoms with Crippen LogP contribution in [0.5, 0.6) is 0 Å². The molecule has 0 radical (unpaired) electrons. The summed E-state index contributed by atoms with van der Waals surface area (Å²) in [7, 11) is 4.23. The maximum atomic E-state index is 5.10. The zero-order valence-corrected chi connectivity index (χ0v) is 9.37. The number of rotatable bonds is 0. The summed E-state index contributed by atoms with van der Waals surface area (Å²) < 4.78 is 10.2. The Morgan fingerprint density at radius 2 is 0.929 bits per heavy atom. The molecule has 0 N–H and O–H groups in total. The molecule has 4 nitrogen and oxygen atoms in total. The maximum Gasteiger partial charge on any atom is 0.0594 e. The number of likely N-dealkylation sites (N-methyl/N-ethyl adjacent to an activating group) is 2. The molecule has 2 fully saturated rings. The molecule has 0 aromatic heterocycles. The van der Waals surface area contributed by atoms with Crippen molar-refractivity contribution in [3.63, 3.8) is 0 Å². The van der Waals surface area contributed by atoms with E-state index in [2.05, 4.69) is 23.9 Å². The lowest BCUT2D eigenvalue weighted by atomic mass is 10.5. The first-order valence-corrected chi connectivity index (χ1v) is 5.31. The summed E-state index contributed by atoms with van der Waals surface area (Å²) in [5, 5.41) is 0. The predicted molar refractivity (Wildman–Crippen MR) is 56.6 cm³/mol. The lowest BCUT2D eigenvalue weighted by Crippen LogP contribution is -2.32. The summed E-state index contributed by atoms with van der Waals surface area (Å²) in [6, 6.07) is 0. The Morgan fingerprint density at radius 3 is 1.07 bits per heavy atom. The van der Waals surface area contributed by atoms with E-state index in [1.165, 1.54) is 0 Å². The largest absolute Gasteiger partial charge is 0.379 e. The minimum atomic E-state index is 0.913. The molecule has 0 bridgehead atoms. The van der Waals surface area contributed by atoms with Crippen molar-refractivity contribution in [3.05, 3.63) is 0 Å². The van der Waals surface area contributed by atoms with Gasteiger partial charge in [0.15, 0.2) is 0 Å². The molecule has 2 rings (SSSR count). The minimum Gasteiger partial charge on any atom is -0.379 e. The zero-order chi connectivity index (χ0) is 10.2. The van der Waals surface area contributed by atoms with Gasteiger partial charge in [-0.15, -0.1) is 0 Å². The fourth-order valence-electron chi connectivity index (χ4n) is 1.31. The Bertz CT molecular complexity index is 116. The number of nitrogens with zero attached hydrogens (tertiary/aromatic N) is 2. The molecule has 84 valence electrons. The number of ether oxygens (including phenoxy) is 2. The molecule has 0 atom stereocenters. The van der Waals surface area contributed by atoms with E-state index in [1.54, 1.807) is 0 Å². The van der Waals surface area contributed by atoms with E-state index in [-0.39, 0.29) is 0 Å². The molecule has 0 aromatic carbocycles. The van der Waals surface area contributed by atoms with Gasteiger partial charge in [-0.3, -0.25) is 0 Å². The van der Waals surface area contributed by atoms with Crippen molar-refractivity contribution in [2.24, 2.45) is 0 Å². The Balaban J connectivity index is 0.000000140. The van der Waals surface area contributed by atoms with Crippen molar-refractivity contribution in [2.75, 3.05) is 66.7 Å². The third-order valence-electron chi connectivity index (χ3n) is 2.47. The van der Waals surface area contributed by atoms with Crippen molar-refractivity contribution < 1.29 is 9.47 Å². The fourth-order valence-corrected chi connectivity index (χ4v) is 1.31. The van der Waals surface area contributed by atoms with E-state index in [9.17, 15) is 0 Å². The van der Waals surface area contributed by atoms with E-state index in [4.69, 9.17) is 9.47 Å². The van der Waals surface area contributed by atoms with Gasteiger partial charge in [-0.25, -0.2) is 0 Å². The Morgan fingerprint density at radius 1 is 0.643 bits per heavy atom. The molecule has 2 saturated heterocycles. The van der Waals surface area contributed by atoms with Gasteiger partial charge in [0.1, 0.15) is 0 Å². The van der Waals surface area contributed by atoms with Gasteiger partial charge in [-0.1, -0.05) is 0 Å². The molecule has 0 spiro atoms. The van der Waals surface area contributed by atoms with Crippen LogP contribution in [0, 0.1) is 0 Å². The van der Waals surface area contributed by atoms with Crippen LogP contribution >= 0.6 is 0 Å². The van der Waals surface area contributed by atoms with Crippen molar-refractivity contribution >= 4 is 0 Å². The van der Waals surface area contributed by atoms with Gasteiger partial charge in [-0.2, -0.15) is 0 Å². The highest BCUT2D eigenvalue weighted by atomic mass is 16.5. The van der Waals surface area contributed by atoms with E-state index in [0.29, 0.717) is 0 Å². The monoisotopic (exact) mass is 202 g/mol. The highest BCUT2D eigenvalue weighted by molar-refractivity contribution is 4.54. The van der Waals surface area contributed by atoms with Gasteiger partial charge in [0.05, 0.1) is 26.4 Å². The van der Waals surface area contributed by atoms with Gasteiger partial charge in [0.25, 0.3) is 0 Å². The molecule has 0 amide bonds. The first-order chi connectivity index (χ1) is 6.79. The van der Waals surface area contributed by atoms with Crippen molar-refractivity contribution in [1.82, 2.24) is 9.80 Å². The fraction of sp³-hybridized carbons (Fsp3) is 1.00. The highest BCUT2D eigenvalue weighted by Crippen LogP contribution is 1.90. The molecule has 0 aromatic rings. The molecule has 0 aliphatic carbocycles. The first kappa shape index (κ1) is 11.9.